The normalized spacial score (nSPS) is 21.0. The molecule has 2 heterocycles. The molecule has 1 aliphatic carbocycles. The van der Waals surface area contributed by atoms with Crippen LogP contribution in [0.25, 0.3) is 16.9 Å². The number of aromatic nitrogens is 4. The zero-order valence-corrected chi connectivity index (χ0v) is 13.7. The van der Waals surface area contributed by atoms with Gasteiger partial charge in [0, 0.05) is 17.4 Å². The molecule has 1 unspecified atom stereocenters. The predicted molar refractivity (Wildman–Crippen MR) is 91.7 cm³/mol. The SMILES string of the molecule is Cc1nc2ncnn2c(C2CCC[C@H](C=O)C2)c1-c1ccccc1. The predicted octanol–water partition coefficient (Wildman–Crippen LogP) is 3.57. The van der Waals surface area contributed by atoms with E-state index in [2.05, 4.69) is 27.2 Å². The number of hydrogen-bond acceptors (Lipinski definition) is 4. The number of hydrogen-bond donors (Lipinski definition) is 0. The first-order valence-corrected chi connectivity index (χ1v) is 8.49. The first kappa shape index (κ1) is 15.0. The van der Waals surface area contributed by atoms with E-state index in [-0.39, 0.29) is 5.92 Å². The highest BCUT2D eigenvalue weighted by atomic mass is 16.1. The van der Waals surface area contributed by atoms with Crippen molar-refractivity contribution in [3.8, 4) is 11.1 Å². The minimum absolute atomic E-state index is 0.138. The molecule has 5 nitrogen and oxygen atoms in total. The summed E-state index contributed by atoms with van der Waals surface area (Å²) in [5, 5.41) is 4.43. The lowest BCUT2D eigenvalue weighted by atomic mass is 9.78. The maximum atomic E-state index is 11.3. The Kier molecular flexibility index (Phi) is 3.84. The van der Waals surface area contributed by atoms with Crippen LogP contribution in [0.4, 0.5) is 0 Å². The lowest BCUT2D eigenvalue weighted by Gasteiger charge is -2.28. The Morgan fingerprint density at radius 2 is 2.04 bits per heavy atom. The maximum absolute atomic E-state index is 11.3. The molecule has 0 N–H and O–H groups in total. The maximum Gasteiger partial charge on any atom is 0.252 e. The van der Waals surface area contributed by atoms with Gasteiger partial charge in [0.15, 0.2) is 0 Å². The number of fused-ring (bicyclic) bond motifs is 1. The Bertz CT molecular complexity index is 872. The third-order valence-corrected chi connectivity index (χ3v) is 5.00. The van der Waals surface area contributed by atoms with Gasteiger partial charge >= 0.3 is 0 Å². The van der Waals surface area contributed by atoms with Gasteiger partial charge in [0.05, 0.1) is 11.4 Å². The summed E-state index contributed by atoms with van der Waals surface area (Å²) in [7, 11) is 0. The van der Waals surface area contributed by atoms with Crippen LogP contribution in [0.3, 0.4) is 0 Å². The lowest BCUT2D eigenvalue weighted by Crippen LogP contribution is -2.19. The number of nitrogens with zero attached hydrogens (tertiary/aromatic N) is 4. The van der Waals surface area contributed by atoms with Gasteiger partial charge in [0.1, 0.15) is 12.6 Å². The van der Waals surface area contributed by atoms with Crippen LogP contribution in [-0.4, -0.2) is 25.9 Å². The summed E-state index contributed by atoms with van der Waals surface area (Å²) >= 11 is 0. The summed E-state index contributed by atoms with van der Waals surface area (Å²) in [5.41, 5.74) is 4.38. The molecule has 0 bridgehead atoms. The van der Waals surface area contributed by atoms with Gasteiger partial charge in [-0.05, 0) is 31.7 Å². The van der Waals surface area contributed by atoms with Crippen molar-refractivity contribution in [2.75, 3.05) is 0 Å². The number of carbonyl (C=O) groups excluding carboxylic acids is 1. The summed E-state index contributed by atoms with van der Waals surface area (Å²) in [6.45, 7) is 2.03. The Morgan fingerprint density at radius 1 is 1.21 bits per heavy atom. The van der Waals surface area contributed by atoms with Gasteiger partial charge in [-0.25, -0.2) is 9.50 Å². The Hall–Kier alpha value is -2.56. The van der Waals surface area contributed by atoms with Crippen LogP contribution >= 0.6 is 0 Å². The van der Waals surface area contributed by atoms with E-state index in [1.807, 2.05) is 29.6 Å². The first-order chi connectivity index (χ1) is 11.8. The van der Waals surface area contributed by atoms with Crippen molar-refractivity contribution >= 4 is 12.1 Å². The molecule has 4 rings (SSSR count). The Labute approximate surface area is 140 Å². The molecule has 24 heavy (non-hydrogen) atoms. The van der Waals surface area contributed by atoms with Crippen molar-refractivity contribution in [2.45, 2.75) is 38.5 Å². The van der Waals surface area contributed by atoms with Crippen LogP contribution < -0.4 is 0 Å². The summed E-state index contributed by atoms with van der Waals surface area (Å²) < 4.78 is 1.87. The van der Waals surface area contributed by atoms with Crippen LogP contribution in [0.15, 0.2) is 36.7 Å². The van der Waals surface area contributed by atoms with E-state index in [0.29, 0.717) is 11.7 Å². The van der Waals surface area contributed by atoms with Crippen molar-refractivity contribution in [2.24, 2.45) is 5.92 Å². The molecule has 5 heteroatoms. The van der Waals surface area contributed by atoms with Gasteiger partial charge in [0.2, 0.25) is 0 Å². The zero-order chi connectivity index (χ0) is 16.5. The molecule has 1 fully saturated rings. The summed E-state index contributed by atoms with van der Waals surface area (Å²) in [6, 6.07) is 10.3. The quantitative estimate of drug-likeness (QED) is 0.692. The van der Waals surface area contributed by atoms with Gasteiger partial charge in [-0.15, -0.1) is 0 Å². The molecule has 0 saturated heterocycles. The highest BCUT2D eigenvalue weighted by molar-refractivity contribution is 5.70. The van der Waals surface area contributed by atoms with Gasteiger partial charge in [-0.2, -0.15) is 10.1 Å². The van der Waals surface area contributed by atoms with Gasteiger partial charge in [-0.1, -0.05) is 36.8 Å². The van der Waals surface area contributed by atoms with E-state index in [0.717, 1.165) is 54.5 Å². The minimum atomic E-state index is 0.138. The molecule has 0 amide bonds. The Balaban J connectivity index is 1.94. The molecule has 0 spiro atoms. The highest BCUT2D eigenvalue weighted by Crippen LogP contribution is 2.40. The fourth-order valence-electron chi connectivity index (χ4n) is 3.92. The lowest BCUT2D eigenvalue weighted by molar-refractivity contribution is -0.112. The highest BCUT2D eigenvalue weighted by Gasteiger charge is 2.29. The summed E-state index contributed by atoms with van der Waals surface area (Å²) in [5.74, 6) is 1.07. The van der Waals surface area contributed by atoms with E-state index in [1.165, 1.54) is 0 Å². The molecular formula is C19H20N4O. The largest absolute Gasteiger partial charge is 0.303 e. The molecular weight excluding hydrogens is 300 g/mol. The fourth-order valence-corrected chi connectivity index (χ4v) is 3.92. The van der Waals surface area contributed by atoms with Crippen molar-refractivity contribution in [3.05, 3.63) is 48.0 Å². The van der Waals surface area contributed by atoms with E-state index in [9.17, 15) is 4.79 Å². The molecule has 2 atom stereocenters. The number of aryl methyl sites for hydroxylation is 1. The average Bonchev–Trinajstić information content (AvgIpc) is 3.09. The monoisotopic (exact) mass is 320 g/mol. The van der Waals surface area contributed by atoms with Crippen molar-refractivity contribution in [3.63, 3.8) is 0 Å². The van der Waals surface area contributed by atoms with E-state index in [4.69, 9.17) is 0 Å². The van der Waals surface area contributed by atoms with Crippen LogP contribution in [0, 0.1) is 12.8 Å². The third-order valence-electron chi connectivity index (χ3n) is 5.00. The number of aldehydes is 1. The van der Waals surface area contributed by atoms with E-state index < -0.39 is 0 Å². The average molecular weight is 320 g/mol. The topological polar surface area (TPSA) is 60.1 Å². The second-order valence-electron chi connectivity index (χ2n) is 6.56. The molecule has 2 aromatic heterocycles. The van der Waals surface area contributed by atoms with Crippen LogP contribution in [-0.2, 0) is 4.79 Å². The molecule has 0 aliphatic heterocycles. The molecule has 1 saturated carbocycles. The second kappa shape index (κ2) is 6.15. The Morgan fingerprint density at radius 3 is 2.83 bits per heavy atom. The fraction of sp³-hybridized carbons (Fsp3) is 0.368. The zero-order valence-electron chi connectivity index (χ0n) is 13.7. The van der Waals surface area contributed by atoms with Crippen LogP contribution in [0.1, 0.15) is 43.0 Å². The summed E-state index contributed by atoms with van der Waals surface area (Å²) in [6.07, 6.45) is 6.68. The molecule has 0 radical (unpaired) electrons. The van der Waals surface area contributed by atoms with Crippen LogP contribution in [0.5, 0.6) is 0 Å². The molecule has 3 aromatic rings. The standard InChI is InChI=1S/C19H20N4O/c1-13-17(15-7-3-2-4-8-15)18(23-19(22-13)20-12-21-23)16-9-5-6-14(10-16)11-24/h2-4,7-8,11-12,14,16H,5-6,9-10H2,1H3/t14-,16?/m0/s1. The van der Waals surface area contributed by atoms with Gasteiger partial charge in [-0.3, -0.25) is 0 Å². The van der Waals surface area contributed by atoms with E-state index >= 15 is 0 Å². The number of benzene rings is 1. The smallest absolute Gasteiger partial charge is 0.252 e. The van der Waals surface area contributed by atoms with Gasteiger partial charge < -0.3 is 4.79 Å². The molecule has 1 aliphatic rings. The molecule has 122 valence electrons. The summed E-state index contributed by atoms with van der Waals surface area (Å²) in [4.78, 5) is 20.2. The van der Waals surface area contributed by atoms with Crippen molar-refractivity contribution < 1.29 is 4.79 Å². The third kappa shape index (κ3) is 2.50. The molecule has 1 aromatic carbocycles. The van der Waals surface area contributed by atoms with Crippen molar-refractivity contribution in [1.82, 2.24) is 19.6 Å². The van der Waals surface area contributed by atoms with Gasteiger partial charge in [0.25, 0.3) is 5.78 Å². The van der Waals surface area contributed by atoms with E-state index in [1.54, 1.807) is 6.33 Å². The van der Waals surface area contributed by atoms with Crippen LogP contribution in [0.2, 0.25) is 0 Å². The first-order valence-electron chi connectivity index (χ1n) is 8.49. The second-order valence-corrected chi connectivity index (χ2v) is 6.56. The van der Waals surface area contributed by atoms with Crippen molar-refractivity contribution in [1.29, 1.82) is 0 Å². The number of carbonyl (C=O) groups is 1. The number of rotatable bonds is 3. The minimum Gasteiger partial charge on any atom is -0.303 e.